The van der Waals surface area contributed by atoms with Gasteiger partial charge >= 0.3 is 11.9 Å². The minimum absolute atomic E-state index is 0.178. The molecule has 0 spiro atoms. The fourth-order valence-electron chi connectivity index (χ4n) is 1.66. The topological polar surface area (TPSA) is 37.8 Å². The van der Waals surface area contributed by atoms with Crippen LogP contribution in [0.1, 0.15) is 12.5 Å². The van der Waals surface area contributed by atoms with Crippen LogP contribution >= 0.6 is 0 Å². The second-order valence-electron chi connectivity index (χ2n) is 3.73. The number of fused-ring (bicyclic) bond motifs is 1. The highest BCUT2D eigenvalue weighted by molar-refractivity contribution is 5.79. The van der Waals surface area contributed by atoms with E-state index in [0.29, 0.717) is 11.2 Å². The van der Waals surface area contributed by atoms with Crippen LogP contribution in [0, 0.1) is 0 Å². The Balaban J connectivity index is 2.80. The number of benzene rings is 1. The van der Waals surface area contributed by atoms with Crippen molar-refractivity contribution in [2.75, 3.05) is 0 Å². The van der Waals surface area contributed by atoms with Gasteiger partial charge < -0.3 is 4.98 Å². The zero-order valence-electron chi connectivity index (χ0n) is 8.93. The Kier molecular flexibility index (Phi) is 2.38. The van der Waals surface area contributed by atoms with Crippen LogP contribution < -0.4 is 5.69 Å². The lowest BCUT2D eigenvalue weighted by atomic mass is 10.2. The van der Waals surface area contributed by atoms with Gasteiger partial charge in [-0.2, -0.15) is 13.2 Å². The molecule has 0 unspecified atom stereocenters. The summed E-state index contributed by atoms with van der Waals surface area (Å²) in [5.74, 6) is 0. The molecule has 0 amide bonds. The molecule has 3 nitrogen and oxygen atoms in total. The molecule has 1 heterocycles. The molecule has 1 aromatic carbocycles. The molecule has 0 radical (unpaired) electrons. The van der Waals surface area contributed by atoms with Gasteiger partial charge in [0, 0.05) is 5.70 Å². The molecule has 0 atom stereocenters. The summed E-state index contributed by atoms with van der Waals surface area (Å²) in [6, 6.07) is 3.10. The summed E-state index contributed by atoms with van der Waals surface area (Å²) >= 11 is 0. The Bertz CT molecular complexity index is 649. The molecule has 2 rings (SSSR count). The smallest absolute Gasteiger partial charge is 0.305 e. The Hall–Kier alpha value is -1.98. The van der Waals surface area contributed by atoms with Crippen molar-refractivity contribution in [3.8, 4) is 0 Å². The number of hydrogen-bond donors (Lipinski definition) is 1. The molecule has 0 saturated heterocycles. The molecule has 1 aromatic heterocycles. The van der Waals surface area contributed by atoms with Crippen molar-refractivity contribution >= 4 is 16.7 Å². The van der Waals surface area contributed by atoms with Crippen LogP contribution in [0.3, 0.4) is 0 Å². The number of alkyl halides is 3. The van der Waals surface area contributed by atoms with E-state index in [1.54, 1.807) is 6.92 Å². The van der Waals surface area contributed by atoms with E-state index in [9.17, 15) is 18.0 Å². The van der Waals surface area contributed by atoms with Gasteiger partial charge in [0.05, 0.1) is 16.6 Å². The van der Waals surface area contributed by atoms with Gasteiger partial charge in [0.2, 0.25) is 0 Å². The molecule has 0 bridgehead atoms. The van der Waals surface area contributed by atoms with Crippen LogP contribution in [0.5, 0.6) is 0 Å². The molecule has 0 aliphatic heterocycles. The van der Waals surface area contributed by atoms with Gasteiger partial charge in [0.1, 0.15) is 0 Å². The van der Waals surface area contributed by atoms with Crippen LogP contribution in [0.4, 0.5) is 13.2 Å². The average Bonchev–Trinajstić information content (AvgIpc) is 2.50. The van der Waals surface area contributed by atoms with Crippen molar-refractivity contribution in [3.63, 3.8) is 0 Å². The predicted molar refractivity (Wildman–Crippen MR) is 58.6 cm³/mol. The summed E-state index contributed by atoms with van der Waals surface area (Å²) < 4.78 is 38.7. The quantitative estimate of drug-likeness (QED) is 0.820. The molecule has 1 N–H and O–H groups in total. The van der Waals surface area contributed by atoms with E-state index in [1.165, 1.54) is 6.07 Å². The number of H-pyrrole nitrogens is 1. The molecule has 0 fully saturated rings. The van der Waals surface area contributed by atoms with Gasteiger partial charge in [-0.25, -0.2) is 4.79 Å². The third-order valence-electron chi connectivity index (χ3n) is 2.39. The van der Waals surface area contributed by atoms with Crippen molar-refractivity contribution in [3.05, 3.63) is 40.8 Å². The van der Waals surface area contributed by atoms with E-state index in [-0.39, 0.29) is 5.52 Å². The van der Waals surface area contributed by atoms with Crippen molar-refractivity contribution in [2.24, 2.45) is 0 Å². The van der Waals surface area contributed by atoms with Crippen LogP contribution in [-0.4, -0.2) is 9.55 Å². The lowest BCUT2D eigenvalue weighted by Gasteiger charge is -2.07. The number of hydrogen-bond acceptors (Lipinski definition) is 1. The first-order chi connectivity index (χ1) is 7.80. The SMILES string of the molecule is C=C(C)n1c(=O)[nH]c2ccc(C(F)(F)F)cc21. The minimum Gasteiger partial charge on any atom is -0.305 e. The summed E-state index contributed by atoms with van der Waals surface area (Å²) in [4.78, 5) is 14.0. The number of aromatic amines is 1. The van der Waals surface area contributed by atoms with Gasteiger partial charge in [-0.05, 0) is 25.1 Å². The molecule has 2 aromatic rings. The normalized spacial score (nSPS) is 12.0. The molecule has 90 valence electrons. The Labute approximate surface area is 94.2 Å². The van der Waals surface area contributed by atoms with E-state index in [4.69, 9.17) is 0 Å². The standard InChI is InChI=1S/C11H9F3N2O/c1-6(2)16-9-5-7(11(12,13)14)3-4-8(9)15-10(16)17/h3-5H,1H2,2H3,(H,15,17). The van der Waals surface area contributed by atoms with E-state index >= 15 is 0 Å². The van der Waals surface area contributed by atoms with E-state index in [2.05, 4.69) is 11.6 Å². The summed E-state index contributed by atoms with van der Waals surface area (Å²) in [5, 5.41) is 0. The number of halogens is 3. The second-order valence-corrected chi connectivity index (χ2v) is 3.73. The fraction of sp³-hybridized carbons (Fsp3) is 0.182. The third-order valence-corrected chi connectivity index (χ3v) is 2.39. The van der Waals surface area contributed by atoms with Gasteiger partial charge in [-0.1, -0.05) is 6.58 Å². The molecule has 17 heavy (non-hydrogen) atoms. The molecule has 6 heteroatoms. The van der Waals surface area contributed by atoms with E-state index < -0.39 is 17.4 Å². The highest BCUT2D eigenvalue weighted by Gasteiger charge is 2.31. The van der Waals surface area contributed by atoms with E-state index in [0.717, 1.165) is 16.7 Å². The van der Waals surface area contributed by atoms with Crippen molar-refractivity contribution in [1.82, 2.24) is 9.55 Å². The Morgan fingerprint density at radius 2 is 2.06 bits per heavy atom. The second kappa shape index (κ2) is 3.51. The van der Waals surface area contributed by atoms with Gasteiger partial charge in [-0.3, -0.25) is 4.57 Å². The minimum atomic E-state index is -4.43. The first-order valence-electron chi connectivity index (χ1n) is 4.78. The van der Waals surface area contributed by atoms with Crippen molar-refractivity contribution in [2.45, 2.75) is 13.1 Å². The van der Waals surface area contributed by atoms with Crippen LogP contribution in [0.25, 0.3) is 16.7 Å². The number of aromatic nitrogens is 2. The molecule has 0 aliphatic carbocycles. The lowest BCUT2D eigenvalue weighted by molar-refractivity contribution is -0.137. The zero-order valence-corrected chi connectivity index (χ0v) is 8.93. The first kappa shape index (κ1) is 11.5. The number of nitrogens with one attached hydrogen (secondary N) is 1. The summed E-state index contributed by atoms with van der Waals surface area (Å²) in [6.07, 6.45) is -4.43. The fourth-order valence-corrected chi connectivity index (χ4v) is 1.66. The highest BCUT2D eigenvalue weighted by atomic mass is 19.4. The maximum atomic E-state index is 12.5. The first-order valence-corrected chi connectivity index (χ1v) is 4.78. The molecule has 0 aliphatic rings. The Morgan fingerprint density at radius 1 is 1.41 bits per heavy atom. The number of nitrogens with zero attached hydrogens (tertiary/aromatic N) is 1. The number of allylic oxidation sites excluding steroid dienone is 1. The van der Waals surface area contributed by atoms with Crippen molar-refractivity contribution in [1.29, 1.82) is 0 Å². The largest absolute Gasteiger partial charge is 0.416 e. The monoisotopic (exact) mass is 242 g/mol. The third kappa shape index (κ3) is 1.86. The molecule has 0 saturated carbocycles. The molecular weight excluding hydrogens is 233 g/mol. The van der Waals surface area contributed by atoms with Crippen LogP contribution in [0.15, 0.2) is 29.6 Å². The Morgan fingerprint density at radius 3 is 2.59 bits per heavy atom. The van der Waals surface area contributed by atoms with Crippen LogP contribution in [-0.2, 0) is 6.18 Å². The summed E-state index contributed by atoms with van der Waals surface area (Å²) in [6.45, 7) is 5.11. The van der Waals surface area contributed by atoms with Gasteiger partial charge in [0.15, 0.2) is 0 Å². The maximum Gasteiger partial charge on any atom is 0.416 e. The average molecular weight is 242 g/mol. The highest BCUT2D eigenvalue weighted by Crippen LogP contribution is 2.31. The van der Waals surface area contributed by atoms with Crippen molar-refractivity contribution < 1.29 is 13.2 Å². The summed E-state index contributed by atoms with van der Waals surface area (Å²) in [5.41, 5.74) is -0.394. The molecular formula is C11H9F3N2O. The summed E-state index contributed by atoms with van der Waals surface area (Å²) in [7, 11) is 0. The van der Waals surface area contributed by atoms with Gasteiger partial charge in [-0.15, -0.1) is 0 Å². The zero-order chi connectivity index (χ0) is 12.8. The predicted octanol–water partition coefficient (Wildman–Crippen LogP) is 2.84. The number of imidazole rings is 1. The number of rotatable bonds is 1. The maximum absolute atomic E-state index is 12.5. The lowest BCUT2D eigenvalue weighted by Crippen LogP contribution is -2.14. The van der Waals surface area contributed by atoms with Gasteiger partial charge in [0.25, 0.3) is 0 Å². The van der Waals surface area contributed by atoms with Crippen LogP contribution in [0.2, 0.25) is 0 Å². The van der Waals surface area contributed by atoms with E-state index in [1.807, 2.05) is 0 Å².